The van der Waals surface area contributed by atoms with Crippen molar-refractivity contribution < 1.29 is 14.6 Å². The highest BCUT2D eigenvalue weighted by molar-refractivity contribution is 5.83. The molecule has 0 fully saturated rings. The molecule has 0 aliphatic carbocycles. The zero-order valence-corrected chi connectivity index (χ0v) is 20.3. The second-order valence-electron chi connectivity index (χ2n) is 9.59. The van der Waals surface area contributed by atoms with E-state index in [9.17, 15) is 9.90 Å². The number of hydrogen-bond donors (Lipinski definition) is 1. The van der Waals surface area contributed by atoms with Gasteiger partial charge in [0.1, 0.15) is 17.1 Å². The SMILES string of the molecule is CC(C)=CCCC(C)=CCCC(C)=CCCC1(C)CCc2cc(O)c(C=O)c(C)c2O1. The number of fused-ring (bicyclic) bond motifs is 1. The first kappa shape index (κ1) is 25.0. The lowest BCUT2D eigenvalue weighted by Gasteiger charge is -2.37. The van der Waals surface area contributed by atoms with Crippen molar-refractivity contribution in [3.05, 3.63) is 57.7 Å². The van der Waals surface area contributed by atoms with E-state index in [0.29, 0.717) is 11.8 Å². The third-order valence-corrected chi connectivity index (χ3v) is 6.30. The Morgan fingerprint density at radius 3 is 2.29 bits per heavy atom. The zero-order chi connectivity index (χ0) is 23.0. The van der Waals surface area contributed by atoms with Crippen LogP contribution in [-0.2, 0) is 6.42 Å². The van der Waals surface area contributed by atoms with Crippen molar-refractivity contribution in [2.75, 3.05) is 0 Å². The van der Waals surface area contributed by atoms with E-state index in [1.54, 1.807) is 6.07 Å². The lowest BCUT2D eigenvalue weighted by molar-refractivity contribution is 0.0560. The summed E-state index contributed by atoms with van der Waals surface area (Å²) in [6.07, 6.45) is 15.9. The van der Waals surface area contributed by atoms with Gasteiger partial charge in [-0.1, -0.05) is 34.9 Å². The van der Waals surface area contributed by atoms with E-state index in [1.165, 1.54) is 16.7 Å². The number of aryl methyl sites for hydroxylation is 1. The molecule has 1 atom stereocenters. The third kappa shape index (κ3) is 7.41. The molecule has 1 unspecified atom stereocenters. The number of ether oxygens (including phenoxy) is 1. The molecular weight excluding hydrogens is 384 g/mol. The number of phenols is 1. The van der Waals surface area contributed by atoms with E-state index in [1.807, 2.05) is 6.92 Å². The summed E-state index contributed by atoms with van der Waals surface area (Å²) >= 11 is 0. The maximum atomic E-state index is 11.3. The second kappa shape index (κ2) is 11.4. The Hall–Kier alpha value is -2.29. The Kier molecular flexibility index (Phi) is 9.15. The van der Waals surface area contributed by atoms with Crippen LogP contribution in [0.3, 0.4) is 0 Å². The van der Waals surface area contributed by atoms with Gasteiger partial charge in [0, 0.05) is 5.56 Å². The van der Waals surface area contributed by atoms with Crippen LogP contribution in [0.1, 0.15) is 101 Å². The van der Waals surface area contributed by atoms with Crippen molar-refractivity contribution in [1.29, 1.82) is 0 Å². The number of hydrogen-bond acceptors (Lipinski definition) is 3. The third-order valence-electron chi connectivity index (χ3n) is 6.30. The summed E-state index contributed by atoms with van der Waals surface area (Å²) in [6.45, 7) is 12.8. The van der Waals surface area contributed by atoms with Crippen molar-refractivity contribution in [2.45, 2.75) is 98.5 Å². The minimum absolute atomic E-state index is 0.0539. The molecule has 0 amide bonds. The van der Waals surface area contributed by atoms with E-state index in [2.05, 4.69) is 52.8 Å². The summed E-state index contributed by atoms with van der Waals surface area (Å²) in [7, 11) is 0. The highest BCUT2D eigenvalue weighted by Gasteiger charge is 2.33. The van der Waals surface area contributed by atoms with Crippen molar-refractivity contribution in [1.82, 2.24) is 0 Å². The predicted octanol–water partition coefficient (Wildman–Crippen LogP) is 7.80. The first-order valence-electron chi connectivity index (χ1n) is 11.6. The van der Waals surface area contributed by atoms with Gasteiger partial charge in [-0.3, -0.25) is 4.79 Å². The van der Waals surface area contributed by atoms with E-state index in [4.69, 9.17) is 4.74 Å². The highest BCUT2D eigenvalue weighted by atomic mass is 16.5. The van der Waals surface area contributed by atoms with Crippen molar-refractivity contribution in [2.24, 2.45) is 0 Å². The number of benzene rings is 1. The lowest BCUT2D eigenvalue weighted by atomic mass is 9.86. The van der Waals surface area contributed by atoms with E-state index in [-0.39, 0.29) is 11.4 Å². The summed E-state index contributed by atoms with van der Waals surface area (Å²) < 4.78 is 6.38. The summed E-state index contributed by atoms with van der Waals surface area (Å²) in [5.74, 6) is 0.835. The molecule has 0 radical (unpaired) electrons. The van der Waals surface area contributed by atoms with Gasteiger partial charge in [-0.2, -0.15) is 0 Å². The van der Waals surface area contributed by atoms with Crippen LogP contribution in [0.25, 0.3) is 0 Å². The van der Waals surface area contributed by atoms with Gasteiger partial charge in [-0.15, -0.1) is 0 Å². The van der Waals surface area contributed by atoms with E-state index in [0.717, 1.165) is 68.2 Å². The first-order chi connectivity index (χ1) is 14.6. The van der Waals surface area contributed by atoms with Gasteiger partial charge in [0.2, 0.25) is 0 Å². The molecule has 1 aromatic carbocycles. The number of rotatable bonds is 10. The van der Waals surface area contributed by atoms with Crippen LogP contribution in [0, 0.1) is 6.92 Å². The molecule has 1 heterocycles. The summed E-state index contributed by atoms with van der Waals surface area (Å²) in [5, 5.41) is 10.0. The van der Waals surface area contributed by atoms with Crippen LogP contribution < -0.4 is 4.74 Å². The van der Waals surface area contributed by atoms with Gasteiger partial charge in [0.25, 0.3) is 0 Å². The fourth-order valence-electron chi connectivity index (χ4n) is 4.18. The predicted molar refractivity (Wildman–Crippen MR) is 130 cm³/mol. The standard InChI is InChI=1S/C28H40O3/c1-20(2)10-7-11-21(3)12-8-13-22(4)14-9-16-28(6)17-15-24-18-26(30)25(19-29)23(5)27(24)31-28/h10,12,14,18-19,30H,7-9,11,13,15-17H2,1-6H3. The minimum atomic E-state index is -0.243. The number of phenolic OH excluding ortho intramolecular Hbond substituents is 1. The Balaban J connectivity index is 1.87. The van der Waals surface area contributed by atoms with Crippen molar-refractivity contribution in [3.63, 3.8) is 0 Å². The van der Waals surface area contributed by atoms with Crippen LogP contribution >= 0.6 is 0 Å². The Morgan fingerprint density at radius 2 is 1.68 bits per heavy atom. The van der Waals surface area contributed by atoms with Gasteiger partial charge in [-0.05, 0) is 105 Å². The Morgan fingerprint density at radius 1 is 1.06 bits per heavy atom. The van der Waals surface area contributed by atoms with Gasteiger partial charge in [0.15, 0.2) is 6.29 Å². The average Bonchev–Trinajstić information content (AvgIpc) is 2.69. The van der Waals surface area contributed by atoms with Crippen LogP contribution in [0.15, 0.2) is 41.0 Å². The largest absolute Gasteiger partial charge is 0.507 e. The smallest absolute Gasteiger partial charge is 0.154 e. The molecule has 1 N–H and O–H groups in total. The molecule has 3 heteroatoms. The summed E-state index contributed by atoms with van der Waals surface area (Å²) in [4.78, 5) is 11.3. The molecule has 2 rings (SSSR count). The fraction of sp³-hybridized carbons (Fsp3) is 0.536. The number of carbonyl (C=O) groups excluding carboxylic acids is 1. The number of carbonyl (C=O) groups is 1. The number of aldehydes is 1. The molecular formula is C28H40O3. The minimum Gasteiger partial charge on any atom is -0.507 e. The van der Waals surface area contributed by atoms with Crippen LogP contribution in [0.4, 0.5) is 0 Å². The van der Waals surface area contributed by atoms with Gasteiger partial charge in [-0.25, -0.2) is 0 Å². The number of allylic oxidation sites excluding steroid dienone is 6. The molecule has 0 spiro atoms. The van der Waals surface area contributed by atoms with Crippen LogP contribution in [0.5, 0.6) is 11.5 Å². The van der Waals surface area contributed by atoms with Crippen molar-refractivity contribution in [3.8, 4) is 11.5 Å². The molecule has 0 aromatic heterocycles. The maximum Gasteiger partial charge on any atom is 0.154 e. The lowest BCUT2D eigenvalue weighted by Crippen LogP contribution is -2.36. The fourth-order valence-corrected chi connectivity index (χ4v) is 4.18. The molecule has 1 aliphatic rings. The Labute approximate surface area is 188 Å². The summed E-state index contributed by atoms with van der Waals surface area (Å²) in [5.41, 5.74) is 6.13. The normalized spacial score (nSPS) is 18.9. The first-order valence-corrected chi connectivity index (χ1v) is 11.6. The van der Waals surface area contributed by atoms with E-state index >= 15 is 0 Å². The molecule has 31 heavy (non-hydrogen) atoms. The molecule has 1 aliphatic heterocycles. The average molecular weight is 425 g/mol. The molecule has 3 nitrogen and oxygen atoms in total. The summed E-state index contributed by atoms with van der Waals surface area (Å²) in [6, 6.07) is 1.69. The van der Waals surface area contributed by atoms with E-state index < -0.39 is 0 Å². The van der Waals surface area contributed by atoms with Crippen LogP contribution in [0.2, 0.25) is 0 Å². The Bertz CT molecular complexity index is 869. The molecule has 0 bridgehead atoms. The molecule has 1 aromatic rings. The van der Waals surface area contributed by atoms with Crippen LogP contribution in [-0.4, -0.2) is 17.0 Å². The number of aromatic hydroxyl groups is 1. The highest BCUT2D eigenvalue weighted by Crippen LogP contribution is 2.41. The monoisotopic (exact) mass is 424 g/mol. The molecule has 170 valence electrons. The molecule has 0 saturated carbocycles. The topological polar surface area (TPSA) is 46.5 Å². The molecule has 0 saturated heterocycles. The van der Waals surface area contributed by atoms with Gasteiger partial charge in [0.05, 0.1) is 5.56 Å². The van der Waals surface area contributed by atoms with Gasteiger partial charge >= 0.3 is 0 Å². The zero-order valence-electron chi connectivity index (χ0n) is 20.3. The quantitative estimate of drug-likeness (QED) is 0.308. The second-order valence-corrected chi connectivity index (χ2v) is 9.59. The maximum absolute atomic E-state index is 11.3. The van der Waals surface area contributed by atoms with Gasteiger partial charge < -0.3 is 9.84 Å². The van der Waals surface area contributed by atoms with Crippen molar-refractivity contribution >= 4 is 6.29 Å².